The lowest BCUT2D eigenvalue weighted by Crippen LogP contribution is -1.97. The van der Waals surface area contributed by atoms with Crippen molar-refractivity contribution in [2.24, 2.45) is 12.8 Å². The molecule has 0 amide bonds. The first-order valence-electron chi connectivity index (χ1n) is 5.60. The van der Waals surface area contributed by atoms with Gasteiger partial charge < -0.3 is 10.3 Å². The van der Waals surface area contributed by atoms with Gasteiger partial charge in [-0.2, -0.15) is 0 Å². The van der Waals surface area contributed by atoms with Gasteiger partial charge in [0.25, 0.3) is 0 Å². The van der Waals surface area contributed by atoms with Gasteiger partial charge in [0.05, 0.1) is 20.9 Å². The fourth-order valence-electron chi connectivity index (χ4n) is 2.09. The Labute approximate surface area is 114 Å². The summed E-state index contributed by atoms with van der Waals surface area (Å²) in [6.45, 7) is 0.492. The van der Waals surface area contributed by atoms with Crippen LogP contribution in [0.4, 0.5) is 0 Å². The Morgan fingerprint density at radius 3 is 2.89 bits per heavy atom. The molecule has 0 aliphatic rings. The van der Waals surface area contributed by atoms with Crippen molar-refractivity contribution in [3.63, 3.8) is 0 Å². The van der Waals surface area contributed by atoms with Crippen molar-refractivity contribution in [2.45, 2.75) is 6.54 Å². The minimum atomic E-state index is 0.492. The number of halogens is 1. The molecule has 0 aliphatic carbocycles. The van der Waals surface area contributed by atoms with E-state index in [0.29, 0.717) is 6.54 Å². The Morgan fingerprint density at radius 2 is 2.22 bits per heavy atom. The Bertz CT molecular complexity index is 714. The summed E-state index contributed by atoms with van der Waals surface area (Å²) >= 11 is 7.78. The summed E-state index contributed by atoms with van der Waals surface area (Å²) in [5.41, 5.74) is 8.85. The second-order valence-electron chi connectivity index (χ2n) is 4.08. The summed E-state index contributed by atoms with van der Waals surface area (Å²) < 4.78 is 2.06. The van der Waals surface area contributed by atoms with E-state index >= 15 is 0 Å². The number of hydrogen-bond donors (Lipinski definition) is 1. The van der Waals surface area contributed by atoms with Crippen LogP contribution >= 0.6 is 22.9 Å². The van der Waals surface area contributed by atoms with Crippen LogP contribution in [0.1, 0.15) is 5.56 Å². The highest BCUT2D eigenvalue weighted by molar-refractivity contribution is 7.14. The number of rotatable bonds is 2. The molecule has 0 radical (unpaired) electrons. The van der Waals surface area contributed by atoms with Crippen molar-refractivity contribution >= 4 is 34.0 Å². The minimum absolute atomic E-state index is 0.492. The molecule has 2 N–H and O–H groups in total. The van der Waals surface area contributed by atoms with Gasteiger partial charge in [0.2, 0.25) is 0 Å². The number of nitrogens with zero attached hydrogens (tertiary/aromatic N) is 2. The first-order chi connectivity index (χ1) is 8.72. The van der Waals surface area contributed by atoms with Gasteiger partial charge in [0, 0.05) is 13.6 Å². The molecule has 0 aliphatic heterocycles. The van der Waals surface area contributed by atoms with E-state index in [1.807, 2.05) is 36.7 Å². The van der Waals surface area contributed by atoms with Gasteiger partial charge in [0.1, 0.15) is 0 Å². The Balaban J connectivity index is 2.32. The van der Waals surface area contributed by atoms with E-state index in [9.17, 15) is 0 Å². The largest absolute Gasteiger partial charge is 0.326 e. The predicted molar refractivity (Wildman–Crippen MR) is 76.9 cm³/mol. The van der Waals surface area contributed by atoms with E-state index in [0.717, 1.165) is 32.3 Å². The maximum atomic E-state index is 6.18. The molecule has 0 atom stereocenters. The van der Waals surface area contributed by atoms with Crippen molar-refractivity contribution in [2.75, 3.05) is 0 Å². The SMILES string of the molecule is Cn1c(-c2sccc2Cl)nc2c(CN)cccc21. The molecule has 2 heterocycles. The van der Waals surface area contributed by atoms with E-state index in [1.165, 1.54) is 0 Å². The number of nitrogens with two attached hydrogens (primary N) is 1. The molecule has 0 bridgehead atoms. The van der Waals surface area contributed by atoms with Crippen LogP contribution in [0, 0.1) is 0 Å². The monoisotopic (exact) mass is 277 g/mol. The van der Waals surface area contributed by atoms with Crippen LogP contribution in [0.25, 0.3) is 21.7 Å². The second kappa shape index (κ2) is 4.39. The second-order valence-corrected chi connectivity index (χ2v) is 5.40. The lowest BCUT2D eigenvalue weighted by atomic mass is 10.2. The van der Waals surface area contributed by atoms with Gasteiger partial charge in [-0.15, -0.1) is 11.3 Å². The van der Waals surface area contributed by atoms with E-state index in [2.05, 4.69) is 4.57 Å². The Kier molecular flexibility index (Phi) is 2.86. The van der Waals surface area contributed by atoms with Gasteiger partial charge in [-0.1, -0.05) is 23.7 Å². The molecule has 0 spiro atoms. The molecule has 92 valence electrons. The number of imidazole rings is 1. The van der Waals surface area contributed by atoms with E-state index < -0.39 is 0 Å². The van der Waals surface area contributed by atoms with Crippen molar-refractivity contribution in [3.8, 4) is 10.7 Å². The standard InChI is InChI=1S/C13H12ClN3S/c1-17-10-4-2-3-8(7-15)11(10)16-13(17)12-9(14)5-6-18-12/h2-6H,7,15H2,1H3. The topological polar surface area (TPSA) is 43.8 Å². The molecule has 18 heavy (non-hydrogen) atoms. The summed E-state index contributed by atoms with van der Waals surface area (Å²) in [7, 11) is 2.00. The average Bonchev–Trinajstić information content (AvgIpc) is 2.93. The van der Waals surface area contributed by atoms with Gasteiger partial charge in [-0.3, -0.25) is 0 Å². The maximum absolute atomic E-state index is 6.18. The first-order valence-corrected chi connectivity index (χ1v) is 6.86. The van der Waals surface area contributed by atoms with Crippen LogP contribution in [0.3, 0.4) is 0 Å². The molecule has 0 saturated heterocycles. The number of hydrogen-bond acceptors (Lipinski definition) is 3. The molecule has 0 saturated carbocycles. The zero-order chi connectivity index (χ0) is 12.7. The molecule has 3 rings (SSSR count). The summed E-state index contributed by atoms with van der Waals surface area (Å²) in [5, 5.41) is 2.72. The summed E-state index contributed by atoms with van der Waals surface area (Å²) in [6.07, 6.45) is 0. The number of benzene rings is 1. The minimum Gasteiger partial charge on any atom is -0.326 e. The normalized spacial score (nSPS) is 11.3. The lowest BCUT2D eigenvalue weighted by molar-refractivity contribution is 0.963. The van der Waals surface area contributed by atoms with Gasteiger partial charge >= 0.3 is 0 Å². The van der Waals surface area contributed by atoms with Crippen LogP contribution in [-0.4, -0.2) is 9.55 Å². The van der Waals surface area contributed by atoms with E-state index in [4.69, 9.17) is 22.3 Å². The van der Waals surface area contributed by atoms with Gasteiger partial charge in [-0.05, 0) is 23.1 Å². The summed E-state index contributed by atoms with van der Waals surface area (Å²) in [5.74, 6) is 0.894. The maximum Gasteiger partial charge on any atom is 0.152 e. The zero-order valence-corrected chi connectivity index (χ0v) is 11.4. The molecule has 3 aromatic rings. The van der Waals surface area contributed by atoms with E-state index in [-0.39, 0.29) is 0 Å². The summed E-state index contributed by atoms with van der Waals surface area (Å²) in [6, 6.07) is 7.96. The predicted octanol–water partition coefficient (Wildman–Crippen LogP) is 3.41. The molecular formula is C13H12ClN3S. The van der Waals surface area contributed by atoms with Crippen molar-refractivity contribution < 1.29 is 0 Å². The van der Waals surface area contributed by atoms with Gasteiger partial charge in [-0.25, -0.2) is 4.98 Å². The number of aromatic nitrogens is 2. The van der Waals surface area contributed by atoms with Crippen LogP contribution in [0.15, 0.2) is 29.6 Å². The highest BCUT2D eigenvalue weighted by Crippen LogP contribution is 2.34. The Morgan fingerprint density at radius 1 is 1.39 bits per heavy atom. The van der Waals surface area contributed by atoms with Gasteiger partial charge in [0.15, 0.2) is 5.82 Å². The quantitative estimate of drug-likeness (QED) is 0.780. The molecular weight excluding hydrogens is 266 g/mol. The zero-order valence-electron chi connectivity index (χ0n) is 9.85. The highest BCUT2D eigenvalue weighted by Gasteiger charge is 2.15. The molecule has 1 aromatic carbocycles. The molecule has 0 fully saturated rings. The van der Waals surface area contributed by atoms with Crippen molar-refractivity contribution in [3.05, 3.63) is 40.2 Å². The number of aryl methyl sites for hydroxylation is 1. The summed E-state index contributed by atoms with van der Waals surface area (Å²) in [4.78, 5) is 5.69. The third-order valence-electron chi connectivity index (χ3n) is 3.04. The number of para-hydroxylation sites is 1. The number of thiophene rings is 1. The molecule has 0 unspecified atom stereocenters. The first kappa shape index (κ1) is 11.7. The number of fused-ring (bicyclic) bond motifs is 1. The van der Waals surface area contributed by atoms with Crippen molar-refractivity contribution in [1.82, 2.24) is 9.55 Å². The van der Waals surface area contributed by atoms with Crippen LogP contribution in [0.5, 0.6) is 0 Å². The highest BCUT2D eigenvalue weighted by atomic mass is 35.5. The van der Waals surface area contributed by atoms with Crippen LogP contribution in [-0.2, 0) is 13.6 Å². The van der Waals surface area contributed by atoms with Crippen LogP contribution in [0.2, 0.25) is 5.02 Å². The fourth-order valence-corrected chi connectivity index (χ4v) is 3.26. The third kappa shape index (κ3) is 1.65. The average molecular weight is 278 g/mol. The molecule has 3 nitrogen and oxygen atoms in total. The van der Waals surface area contributed by atoms with E-state index in [1.54, 1.807) is 11.3 Å². The molecule has 2 aromatic heterocycles. The smallest absolute Gasteiger partial charge is 0.152 e. The fraction of sp³-hybridized carbons (Fsp3) is 0.154. The third-order valence-corrected chi connectivity index (χ3v) is 4.37. The molecule has 5 heteroatoms. The van der Waals surface area contributed by atoms with Crippen molar-refractivity contribution in [1.29, 1.82) is 0 Å². The van der Waals surface area contributed by atoms with Crippen LogP contribution < -0.4 is 5.73 Å². The lowest BCUT2D eigenvalue weighted by Gasteiger charge is -2.00. The Hall–Kier alpha value is -1.36.